The lowest BCUT2D eigenvalue weighted by molar-refractivity contribution is -0.270. The van der Waals surface area contributed by atoms with Crippen molar-refractivity contribution in [2.45, 2.75) is 76.4 Å². The van der Waals surface area contributed by atoms with Crippen molar-refractivity contribution in [2.24, 2.45) is 5.92 Å². The van der Waals surface area contributed by atoms with Gasteiger partial charge in [-0.15, -0.1) is 0 Å². The van der Waals surface area contributed by atoms with Crippen molar-refractivity contribution in [1.82, 2.24) is 15.4 Å². The first-order chi connectivity index (χ1) is 17.3. The van der Waals surface area contributed by atoms with E-state index in [-0.39, 0.29) is 18.8 Å². The van der Waals surface area contributed by atoms with Crippen LogP contribution < -0.4 is 10.4 Å². The van der Waals surface area contributed by atoms with Crippen LogP contribution >= 0.6 is 7.75 Å². The van der Waals surface area contributed by atoms with E-state index in [1.54, 1.807) is 20.0 Å². The van der Waals surface area contributed by atoms with Gasteiger partial charge in [-0.1, -0.05) is 32.0 Å². The summed E-state index contributed by atoms with van der Waals surface area (Å²) in [6.45, 7) is 4.90. The van der Waals surface area contributed by atoms with Crippen molar-refractivity contribution in [3.8, 4) is 0 Å². The van der Waals surface area contributed by atoms with Crippen LogP contribution in [0.15, 0.2) is 30.5 Å². The second kappa shape index (κ2) is 12.0. The molecule has 13 nitrogen and oxygen atoms in total. The first kappa shape index (κ1) is 29.2. The van der Waals surface area contributed by atoms with Crippen molar-refractivity contribution in [1.29, 1.82) is 0 Å². The summed E-state index contributed by atoms with van der Waals surface area (Å²) in [6.07, 6.45) is -6.08. The topological polar surface area (TPSA) is 211 Å². The number of hydrogen-bond donors (Lipinski definition) is 8. The molecule has 2 heterocycles. The zero-order chi connectivity index (χ0) is 27.5. The molecule has 1 aliphatic heterocycles. The highest BCUT2D eigenvalue weighted by Crippen LogP contribution is 2.42. The van der Waals surface area contributed by atoms with Crippen molar-refractivity contribution in [3.63, 3.8) is 0 Å². The molecule has 3 rings (SSSR count). The number of rotatable bonds is 11. The third kappa shape index (κ3) is 7.37. The molecule has 1 aromatic carbocycles. The van der Waals surface area contributed by atoms with Crippen LogP contribution in [0.25, 0.3) is 10.9 Å². The molecule has 0 spiro atoms. The molecular formula is C23H34N3O10P. The van der Waals surface area contributed by atoms with E-state index in [9.17, 15) is 39.5 Å². The Bertz CT molecular complexity index is 1140. The first-order valence-corrected chi connectivity index (χ1v) is 13.4. The SMILES string of the molecule is CC(C)C[C@H](NP(=O)(O)O[C@@H]1O[C@H](C)[C@H](O)[C@@H](O)[C@@H]1O)C(=O)N[C@@H](Cc1c[nH]c2ccccc12)C(=O)O. The van der Waals surface area contributed by atoms with Crippen molar-refractivity contribution in [2.75, 3.05) is 0 Å². The number of carbonyl (C=O) groups is 2. The van der Waals surface area contributed by atoms with Crippen molar-refractivity contribution >= 4 is 30.5 Å². The molecule has 0 radical (unpaired) electrons. The van der Waals surface area contributed by atoms with Gasteiger partial charge in [0.25, 0.3) is 0 Å². The van der Waals surface area contributed by atoms with Gasteiger partial charge >= 0.3 is 13.7 Å². The maximum Gasteiger partial charge on any atom is 0.406 e. The van der Waals surface area contributed by atoms with E-state index in [0.717, 1.165) is 10.9 Å². The minimum absolute atomic E-state index is 0.0347. The quantitative estimate of drug-likeness (QED) is 0.180. The van der Waals surface area contributed by atoms with Gasteiger partial charge in [-0.2, -0.15) is 0 Å². The summed E-state index contributed by atoms with van der Waals surface area (Å²) in [5, 5.41) is 45.0. The molecule has 14 heteroatoms. The van der Waals surface area contributed by atoms with Crippen LogP contribution in [0, 0.1) is 5.92 Å². The number of nitrogens with one attached hydrogen (secondary N) is 3. The highest BCUT2D eigenvalue weighted by atomic mass is 31.2. The van der Waals surface area contributed by atoms with Crippen LogP contribution in [-0.4, -0.2) is 85.0 Å². The Kier molecular flexibility index (Phi) is 9.48. The van der Waals surface area contributed by atoms with Gasteiger partial charge in [0.1, 0.15) is 24.4 Å². The summed E-state index contributed by atoms with van der Waals surface area (Å²) >= 11 is 0. The number of carboxylic acid groups (broad SMARTS) is 1. The molecular weight excluding hydrogens is 509 g/mol. The summed E-state index contributed by atoms with van der Waals surface area (Å²) in [7, 11) is -4.83. The summed E-state index contributed by atoms with van der Waals surface area (Å²) in [6, 6.07) is 4.63. The third-order valence-electron chi connectivity index (χ3n) is 6.11. The molecule has 1 aromatic heterocycles. The molecule has 0 bridgehead atoms. The number of hydrogen-bond acceptors (Lipinski definition) is 8. The lowest BCUT2D eigenvalue weighted by Crippen LogP contribution is -2.57. The normalized spacial score (nSPS) is 27.5. The number of para-hydroxylation sites is 1. The molecule has 8 N–H and O–H groups in total. The van der Waals surface area contributed by atoms with Gasteiger partial charge in [-0.25, -0.2) is 14.4 Å². The minimum Gasteiger partial charge on any atom is -0.480 e. The molecule has 0 aliphatic carbocycles. The maximum absolute atomic E-state index is 13.1. The second-order valence-corrected chi connectivity index (χ2v) is 11.1. The van der Waals surface area contributed by atoms with E-state index in [1.165, 1.54) is 6.92 Å². The monoisotopic (exact) mass is 543 g/mol. The van der Waals surface area contributed by atoms with E-state index in [1.807, 2.05) is 24.3 Å². The van der Waals surface area contributed by atoms with E-state index >= 15 is 0 Å². The highest BCUT2D eigenvalue weighted by Gasteiger charge is 2.45. The standard InChI is InChI=1S/C23H34N3O10P/c1-11(2)8-16(26-37(33,34)36-23-20(29)19(28)18(27)12(3)35-23)21(30)25-17(22(31)32)9-13-10-24-15-7-5-4-6-14(13)15/h4-7,10-12,16-20,23-24,27-29H,8-9H2,1-3H3,(H,25,30)(H,31,32)(H2,26,33,34)/t12-,16+,17+,18+,19-,20+,23+/m1/s1. The Balaban J connectivity index is 1.72. The number of carboxylic acids is 1. The highest BCUT2D eigenvalue weighted by molar-refractivity contribution is 7.50. The summed E-state index contributed by atoms with van der Waals surface area (Å²) in [5.74, 6) is -2.27. The lowest BCUT2D eigenvalue weighted by atomic mass is 10.0. The van der Waals surface area contributed by atoms with E-state index < -0.39 is 62.4 Å². The molecule has 37 heavy (non-hydrogen) atoms. The molecule has 1 aliphatic rings. The largest absolute Gasteiger partial charge is 0.480 e. The fraction of sp³-hybridized carbons (Fsp3) is 0.565. The van der Waals surface area contributed by atoms with Gasteiger partial charge in [0.05, 0.1) is 12.1 Å². The van der Waals surface area contributed by atoms with E-state index in [4.69, 9.17) is 9.26 Å². The van der Waals surface area contributed by atoms with Crippen molar-refractivity contribution in [3.05, 3.63) is 36.0 Å². The fourth-order valence-electron chi connectivity index (χ4n) is 4.15. The summed E-state index contributed by atoms with van der Waals surface area (Å²) < 4.78 is 23.0. The number of amides is 1. The van der Waals surface area contributed by atoms with Gasteiger partial charge in [0.15, 0.2) is 6.29 Å². The van der Waals surface area contributed by atoms with Gasteiger partial charge < -0.3 is 40.4 Å². The summed E-state index contributed by atoms with van der Waals surface area (Å²) in [5.41, 5.74) is 1.48. The number of aromatic nitrogens is 1. The number of carbonyl (C=O) groups excluding carboxylic acids is 1. The van der Waals surface area contributed by atoms with Gasteiger partial charge in [0, 0.05) is 23.5 Å². The predicted molar refractivity (Wildman–Crippen MR) is 131 cm³/mol. The predicted octanol–water partition coefficient (Wildman–Crippen LogP) is 0.229. The van der Waals surface area contributed by atoms with Crippen LogP contribution in [0.3, 0.4) is 0 Å². The van der Waals surface area contributed by atoms with Crippen LogP contribution in [0.1, 0.15) is 32.8 Å². The number of benzene rings is 1. The average Bonchev–Trinajstić information content (AvgIpc) is 3.22. The van der Waals surface area contributed by atoms with Crippen LogP contribution in [-0.2, 0) is 29.8 Å². The van der Waals surface area contributed by atoms with E-state index in [0.29, 0.717) is 5.56 Å². The number of H-pyrrole nitrogens is 1. The summed E-state index contributed by atoms with van der Waals surface area (Å²) in [4.78, 5) is 38.5. The number of aliphatic hydroxyl groups excluding tert-OH is 3. The van der Waals surface area contributed by atoms with E-state index in [2.05, 4.69) is 15.4 Å². The lowest BCUT2D eigenvalue weighted by Gasteiger charge is -2.39. The van der Waals surface area contributed by atoms with Crippen molar-refractivity contribution < 1.29 is 48.7 Å². The number of aromatic amines is 1. The Morgan fingerprint density at radius 1 is 1.14 bits per heavy atom. The molecule has 1 amide bonds. The van der Waals surface area contributed by atoms with Crippen LogP contribution in [0.4, 0.5) is 0 Å². The Labute approximate surface area is 213 Å². The molecule has 2 aromatic rings. The molecule has 1 saturated heterocycles. The number of aliphatic hydroxyl groups is 3. The average molecular weight is 544 g/mol. The molecule has 0 saturated carbocycles. The Morgan fingerprint density at radius 2 is 1.81 bits per heavy atom. The van der Waals surface area contributed by atoms with Gasteiger partial charge in [0.2, 0.25) is 5.91 Å². The maximum atomic E-state index is 13.1. The zero-order valence-electron chi connectivity index (χ0n) is 20.6. The van der Waals surface area contributed by atoms with Gasteiger partial charge in [-0.3, -0.25) is 9.32 Å². The minimum atomic E-state index is -4.83. The molecule has 1 fully saturated rings. The number of fused-ring (bicyclic) bond motifs is 1. The first-order valence-electron chi connectivity index (χ1n) is 11.9. The zero-order valence-corrected chi connectivity index (χ0v) is 21.5. The second-order valence-electron chi connectivity index (χ2n) is 9.58. The molecule has 1 unspecified atom stereocenters. The Morgan fingerprint density at radius 3 is 2.46 bits per heavy atom. The molecule has 206 valence electrons. The van der Waals surface area contributed by atoms with Crippen LogP contribution in [0.2, 0.25) is 0 Å². The molecule has 8 atom stereocenters. The van der Waals surface area contributed by atoms with Crippen LogP contribution in [0.5, 0.6) is 0 Å². The number of ether oxygens (including phenoxy) is 1. The number of aliphatic carboxylic acids is 1. The Hall–Kier alpha value is -2.35. The third-order valence-corrected chi connectivity index (χ3v) is 7.24. The fourth-order valence-corrected chi connectivity index (χ4v) is 5.28. The van der Waals surface area contributed by atoms with Gasteiger partial charge in [-0.05, 0) is 30.9 Å². The smallest absolute Gasteiger partial charge is 0.406 e.